The molecule has 2 aliphatic heterocycles. The largest absolute Gasteiger partial charge is 0.314 e. The molecule has 0 amide bonds. The van der Waals surface area contributed by atoms with Crippen LogP contribution in [-0.4, -0.2) is 55.1 Å². The Labute approximate surface area is 119 Å². The average Bonchev–Trinajstić information content (AvgIpc) is 3.08. The highest BCUT2D eigenvalue weighted by atomic mass is 32.1. The fraction of sp³-hybridized carbons (Fsp3) is 0.733. The van der Waals surface area contributed by atoms with Crippen LogP contribution in [0.2, 0.25) is 0 Å². The molecule has 104 valence electrons. The van der Waals surface area contributed by atoms with Crippen molar-refractivity contribution in [1.82, 2.24) is 15.1 Å². The fourth-order valence-electron chi connectivity index (χ4n) is 3.58. The molecule has 19 heavy (non-hydrogen) atoms. The van der Waals surface area contributed by atoms with Gasteiger partial charge in [-0.1, -0.05) is 6.07 Å². The van der Waals surface area contributed by atoms with E-state index in [0.29, 0.717) is 0 Å². The second-order valence-corrected chi connectivity index (χ2v) is 7.17. The second kappa shape index (κ2) is 5.17. The SMILES string of the molecule is c1csc(C(C2CC2)N2CC(N3CCNCC3)C2)c1. The number of likely N-dealkylation sites (tertiary alicyclic amines) is 1. The minimum Gasteiger partial charge on any atom is -0.314 e. The van der Waals surface area contributed by atoms with Crippen molar-refractivity contribution in [3.05, 3.63) is 22.4 Å². The first-order chi connectivity index (χ1) is 9.42. The van der Waals surface area contributed by atoms with E-state index in [1.54, 1.807) is 4.88 Å². The number of nitrogens with one attached hydrogen (secondary N) is 1. The van der Waals surface area contributed by atoms with E-state index in [0.717, 1.165) is 18.0 Å². The molecule has 3 heterocycles. The van der Waals surface area contributed by atoms with Crippen LogP contribution in [0.1, 0.15) is 23.8 Å². The van der Waals surface area contributed by atoms with Gasteiger partial charge in [0, 0.05) is 56.2 Å². The Morgan fingerprint density at radius 2 is 2.00 bits per heavy atom. The van der Waals surface area contributed by atoms with Crippen molar-refractivity contribution in [2.24, 2.45) is 5.92 Å². The first kappa shape index (κ1) is 12.3. The minimum atomic E-state index is 0.735. The summed E-state index contributed by atoms with van der Waals surface area (Å²) in [5.74, 6) is 0.947. The lowest BCUT2D eigenvalue weighted by Gasteiger charge is -2.50. The highest BCUT2D eigenvalue weighted by Crippen LogP contribution is 2.47. The third-order valence-corrected chi connectivity index (χ3v) is 5.80. The smallest absolute Gasteiger partial charge is 0.0470 e. The molecule has 1 saturated carbocycles. The molecule has 3 nitrogen and oxygen atoms in total. The molecule has 0 aromatic carbocycles. The van der Waals surface area contributed by atoms with Crippen molar-refractivity contribution in [3.8, 4) is 0 Å². The number of hydrogen-bond acceptors (Lipinski definition) is 4. The van der Waals surface area contributed by atoms with Gasteiger partial charge < -0.3 is 5.32 Å². The molecule has 1 atom stereocenters. The normalized spacial score (nSPS) is 28.2. The number of rotatable bonds is 4. The molecule has 1 N–H and O–H groups in total. The molecule has 0 radical (unpaired) electrons. The number of hydrogen-bond donors (Lipinski definition) is 1. The summed E-state index contributed by atoms with van der Waals surface area (Å²) < 4.78 is 0. The molecule has 1 aliphatic carbocycles. The van der Waals surface area contributed by atoms with E-state index in [4.69, 9.17) is 0 Å². The maximum absolute atomic E-state index is 3.45. The Balaban J connectivity index is 1.38. The first-order valence-electron chi connectivity index (χ1n) is 7.64. The summed E-state index contributed by atoms with van der Waals surface area (Å²) in [6, 6.07) is 6.11. The predicted molar refractivity (Wildman–Crippen MR) is 79.6 cm³/mol. The maximum atomic E-state index is 3.45. The van der Waals surface area contributed by atoms with Gasteiger partial charge in [-0.25, -0.2) is 0 Å². The molecule has 1 aromatic rings. The summed E-state index contributed by atoms with van der Waals surface area (Å²) in [4.78, 5) is 7.02. The van der Waals surface area contributed by atoms with Crippen molar-refractivity contribution in [1.29, 1.82) is 0 Å². The minimum absolute atomic E-state index is 0.735. The monoisotopic (exact) mass is 277 g/mol. The van der Waals surface area contributed by atoms with E-state index < -0.39 is 0 Å². The molecule has 0 spiro atoms. The van der Waals surface area contributed by atoms with E-state index in [1.165, 1.54) is 52.1 Å². The number of piperazine rings is 1. The topological polar surface area (TPSA) is 18.5 Å². The van der Waals surface area contributed by atoms with Crippen molar-refractivity contribution in [3.63, 3.8) is 0 Å². The summed E-state index contributed by atoms with van der Waals surface area (Å²) in [7, 11) is 0. The average molecular weight is 277 g/mol. The van der Waals surface area contributed by atoms with Gasteiger partial charge in [0.15, 0.2) is 0 Å². The van der Waals surface area contributed by atoms with Crippen LogP contribution in [0.3, 0.4) is 0 Å². The second-order valence-electron chi connectivity index (χ2n) is 6.19. The summed E-state index contributed by atoms with van der Waals surface area (Å²) >= 11 is 1.95. The van der Waals surface area contributed by atoms with Crippen LogP contribution in [0.15, 0.2) is 17.5 Å². The van der Waals surface area contributed by atoms with Crippen molar-refractivity contribution in [2.75, 3.05) is 39.3 Å². The molecule has 1 aromatic heterocycles. The molecule has 0 bridgehead atoms. The maximum Gasteiger partial charge on any atom is 0.0470 e. The molecular formula is C15H23N3S. The van der Waals surface area contributed by atoms with E-state index >= 15 is 0 Å². The zero-order valence-corrected chi connectivity index (χ0v) is 12.2. The van der Waals surface area contributed by atoms with Crippen LogP contribution in [-0.2, 0) is 0 Å². The van der Waals surface area contributed by atoms with Crippen LogP contribution < -0.4 is 5.32 Å². The third kappa shape index (κ3) is 2.47. The molecule has 1 unspecified atom stereocenters. The van der Waals surface area contributed by atoms with Gasteiger partial charge in [0.05, 0.1) is 0 Å². The standard InChI is InChI=1S/C15H23N3S/c1-2-14(19-9-1)15(12-3-4-12)18-10-13(11-18)17-7-5-16-6-8-17/h1-2,9,12-13,15-16H,3-8,10-11H2. The van der Waals surface area contributed by atoms with Crippen molar-refractivity contribution >= 4 is 11.3 Å². The molecule has 4 rings (SSSR count). The van der Waals surface area contributed by atoms with Gasteiger partial charge >= 0.3 is 0 Å². The van der Waals surface area contributed by atoms with Gasteiger partial charge in [0.25, 0.3) is 0 Å². The van der Waals surface area contributed by atoms with E-state index in [9.17, 15) is 0 Å². The predicted octanol–water partition coefficient (Wildman–Crippen LogP) is 1.79. The first-order valence-corrected chi connectivity index (χ1v) is 8.52. The van der Waals surface area contributed by atoms with Crippen LogP contribution in [0.5, 0.6) is 0 Å². The van der Waals surface area contributed by atoms with Gasteiger partial charge in [0.1, 0.15) is 0 Å². The Morgan fingerprint density at radius 1 is 1.21 bits per heavy atom. The van der Waals surface area contributed by atoms with E-state index in [-0.39, 0.29) is 0 Å². The van der Waals surface area contributed by atoms with Gasteiger partial charge in [-0.3, -0.25) is 9.80 Å². The number of thiophene rings is 1. The van der Waals surface area contributed by atoms with Gasteiger partial charge in [-0.05, 0) is 30.2 Å². The molecule has 3 aliphatic rings. The summed E-state index contributed by atoms with van der Waals surface area (Å²) in [5, 5.41) is 5.68. The third-order valence-electron chi connectivity index (χ3n) is 4.86. The van der Waals surface area contributed by atoms with Crippen LogP contribution in [0.4, 0.5) is 0 Å². The van der Waals surface area contributed by atoms with Crippen LogP contribution in [0.25, 0.3) is 0 Å². The zero-order chi connectivity index (χ0) is 12.7. The Hall–Kier alpha value is -0.420. The van der Waals surface area contributed by atoms with E-state index in [1.807, 2.05) is 11.3 Å². The van der Waals surface area contributed by atoms with Crippen LogP contribution >= 0.6 is 11.3 Å². The fourth-order valence-corrected chi connectivity index (χ4v) is 4.53. The van der Waals surface area contributed by atoms with Gasteiger partial charge in [-0.2, -0.15) is 0 Å². The Kier molecular flexibility index (Phi) is 3.35. The van der Waals surface area contributed by atoms with Crippen LogP contribution in [0, 0.1) is 5.92 Å². The summed E-state index contributed by atoms with van der Waals surface area (Å²) in [5.41, 5.74) is 0. The van der Waals surface area contributed by atoms with E-state index in [2.05, 4.69) is 32.6 Å². The van der Waals surface area contributed by atoms with Crippen molar-refractivity contribution < 1.29 is 0 Å². The number of nitrogens with zero attached hydrogens (tertiary/aromatic N) is 2. The summed E-state index contributed by atoms with van der Waals surface area (Å²) in [6.45, 7) is 7.41. The zero-order valence-electron chi connectivity index (χ0n) is 11.4. The summed E-state index contributed by atoms with van der Waals surface area (Å²) in [6.07, 6.45) is 2.88. The molecule has 3 fully saturated rings. The lowest BCUT2D eigenvalue weighted by atomic mass is 9.99. The molecule has 4 heteroatoms. The Bertz CT molecular complexity index is 403. The molecule has 2 saturated heterocycles. The van der Waals surface area contributed by atoms with Crippen molar-refractivity contribution in [2.45, 2.75) is 24.9 Å². The highest BCUT2D eigenvalue weighted by Gasteiger charge is 2.43. The van der Waals surface area contributed by atoms with Gasteiger partial charge in [-0.15, -0.1) is 11.3 Å². The lowest BCUT2D eigenvalue weighted by Crippen LogP contribution is -2.63. The lowest BCUT2D eigenvalue weighted by molar-refractivity contribution is -0.00642. The quantitative estimate of drug-likeness (QED) is 0.905. The Morgan fingerprint density at radius 3 is 2.63 bits per heavy atom. The van der Waals surface area contributed by atoms with Gasteiger partial charge in [0.2, 0.25) is 0 Å². The molecular weight excluding hydrogens is 254 g/mol. The highest BCUT2D eigenvalue weighted by molar-refractivity contribution is 7.10.